The number of thioether (sulfide) groups is 1. The van der Waals surface area contributed by atoms with Crippen molar-refractivity contribution >= 4 is 29.5 Å². The van der Waals surface area contributed by atoms with Gasteiger partial charge >= 0.3 is 6.09 Å². The Morgan fingerprint density at radius 2 is 1.75 bits per heavy atom. The van der Waals surface area contributed by atoms with E-state index in [4.69, 9.17) is 4.74 Å². The Kier molecular flexibility index (Phi) is 7.66. The number of pyridine rings is 1. The van der Waals surface area contributed by atoms with E-state index < -0.39 is 17.8 Å². The zero-order valence-electron chi connectivity index (χ0n) is 18.2. The lowest BCUT2D eigenvalue weighted by Crippen LogP contribution is -2.27. The van der Waals surface area contributed by atoms with Crippen molar-refractivity contribution < 1.29 is 19.4 Å². The van der Waals surface area contributed by atoms with Gasteiger partial charge in [0.2, 0.25) is 0 Å². The SMILES string of the molecule is CC(C)(C)OC(=O)Nc1cc(CSc2ccccc2C(=O)C(O)c2ccccc2)ccn1. The van der Waals surface area contributed by atoms with Crippen LogP contribution >= 0.6 is 11.8 Å². The minimum atomic E-state index is -1.22. The molecule has 1 unspecified atom stereocenters. The first-order valence-electron chi connectivity index (χ1n) is 10.2. The summed E-state index contributed by atoms with van der Waals surface area (Å²) in [7, 11) is 0. The van der Waals surface area contributed by atoms with E-state index in [0.717, 1.165) is 10.5 Å². The molecule has 3 rings (SSSR count). The number of nitrogens with zero attached hydrogens (tertiary/aromatic N) is 1. The fourth-order valence-corrected chi connectivity index (χ4v) is 3.93. The molecule has 1 amide bonds. The van der Waals surface area contributed by atoms with Crippen LogP contribution in [0.3, 0.4) is 0 Å². The fourth-order valence-electron chi connectivity index (χ4n) is 2.93. The fraction of sp³-hybridized carbons (Fsp3) is 0.240. The van der Waals surface area contributed by atoms with Crippen molar-refractivity contribution in [1.29, 1.82) is 0 Å². The van der Waals surface area contributed by atoms with Gasteiger partial charge in [0, 0.05) is 22.4 Å². The number of aromatic nitrogens is 1. The van der Waals surface area contributed by atoms with Crippen LogP contribution in [0.15, 0.2) is 77.8 Å². The monoisotopic (exact) mass is 450 g/mol. The maximum atomic E-state index is 12.9. The van der Waals surface area contributed by atoms with E-state index in [1.165, 1.54) is 11.8 Å². The predicted molar refractivity (Wildman–Crippen MR) is 126 cm³/mol. The molecule has 0 aliphatic rings. The van der Waals surface area contributed by atoms with E-state index >= 15 is 0 Å². The summed E-state index contributed by atoms with van der Waals surface area (Å²) in [5, 5.41) is 13.2. The first kappa shape index (κ1) is 23.5. The van der Waals surface area contributed by atoms with Gasteiger partial charge in [-0.3, -0.25) is 10.1 Å². The minimum Gasteiger partial charge on any atom is -0.444 e. The van der Waals surface area contributed by atoms with Gasteiger partial charge in [0.1, 0.15) is 17.5 Å². The summed E-state index contributed by atoms with van der Waals surface area (Å²) in [6, 6.07) is 19.7. The Morgan fingerprint density at radius 1 is 1.06 bits per heavy atom. The average Bonchev–Trinajstić information content (AvgIpc) is 2.76. The molecule has 1 atom stereocenters. The second-order valence-electron chi connectivity index (χ2n) is 8.14. The summed E-state index contributed by atoms with van der Waals surface area (Å²) in [6.07, 6.45) is -0.178. The van der Waals surface area contributed by atoms with Crippen LogP contribution in [-0.4, -0.2) is 27.6 Å². The van der Waals surface area contributed by atoms with Crippen molar-refractivity contribution in [2.75, 3.05) is 5.32 Å². The van der Waals surface area contributed by atoms with Crippen molar-refractivity contribution in [2.24, 2.45) is 0 Å². The first-order chi connectivity index (χ1) is 15.2. The molecule has 0 bridgehead atoms. The maximum absolute atomic E-state index is 12.9. The summed E-state index contributed by atoms with van der Waals surface area (Å²) < 4.78 is 5.26. The van der Waals surface area contributed by atoms with Gasteiger partial charge in [-0.05, 0) is 50.1 Å². The zero-order chi connectivity index (χ0) is 23.1. The second kappa shape index (κ2) is 10.4. The van der Waals surface area contributed by atoms with Gasteiger partial charge in [0.05, 0.1) is 0 Å². The molecule has 0 saturated carbocycles. The second-order valence-corrected chi connectivity index (χ2v) is 9.16. The number of amides is 1. The molecule has 2 aromatic carbocycles. The van der Waals surface area contributed by atoms with Gasteiger partial charge in [-0.1, -0.05) is 48.5 Å². The Balaban J connectivity index is 1.69. The predicted octanol–water partition coefficient (Wildman–Crippen LogP) is 5.64. The van der Waals surface area contributed by atoms with Crippen LogP contribution < -0.4 is 5.32 Å². The number of rotatable bonds is 7. The quantitative estimate of drug-likeness (QED) is 0.358. The Hall–Kier alpha value is -3.16. The first-order valence-corrected chi connectivity index (χ1v) is 11.2. The maximum Gasteiger partial charge on any atom is 0.413 e. The highest BCUT2D eigenvalue weighted by molar-refractivity contribution is 7.98. The van der Waals surface area contributed by atoms with Gasteiger partial charge in [0.25, 0.3) is 0 Å². The number of carbonyl (C=O) groups is 2. The summed E-state index contributed by atoms with van der Waals surface area (Å²) in [5.41, 5.74) is 1.35. The normalized spacial score (nSPS) is 12.1. The number of aliphatic hydroxyl groups is 1. The number of ketones is 1. The molecule has 1 heterocycles. The van der Waals surface area contributed by atoms with Crippen molar-refractivity contribution in [3.63, 3.8) is 0 Å². The van der Waals surface area contributed by atoms with Crippen LogP contribution in [0.4, 0.5) is 10.6 Å². The number of anilines is 1. The Labute approximate surface area is 192 Å². The molecule has 2 N–H and O–H groups in total. The van der Waals surface area contributed by atoms with Crippen molar-refractivity contribution in [2.45, 2.75) is 43.1 Å². The van der Waals surface area contributed by atoms with Crippen LogP contribution in [0.5, 0.6) is 0 Å². The Morgan fingerprint density at radius 3 is 2.47 bits per heavy atom. The van der Waals surface area contributed by atoms with Crippen LogP contribution in [0.25, 0.3) is 0 Å². The van der Waals surface area contributed by atoms with Gasteiger partial charge in [-0.2, -0.15) is 0 Å². The lowest BCUT2D eigenvalue weighted by atomic mass is 10.00. The van der Waals surface area contributed by atoms with Crippen LogP contribution in [0.1, 0.15) is 48.4 Å². The number of carbonyl (C=O) groups excluding carboxylic acids is 2. The molecular weight excluding hydrogens is 424 g/mol. The highest BCUT2D eigenvalue weighted by Gasteiger charge is 2.22. The molecule has 0 spiro atoms. The topological polar surface area (TPSA) is 88.5 Å². The summed E-state index contributed by atoms with van der Waals surface area (Å²) in [5.74, 6) is 0.597. The smallest absolute Gasteiger partial charge is 0.413 e. The number of hydrogen-bond acceptors (Lipinski definition) is 6. The summed E-state index contributed by atoms with van der Waals surface area (Å²) in [4.78, 5) is 29.8. The van der Waals surface area contributed by atoms with Gasteiger partial charge in [0.15, 0.2) is 5.78 Å². The van der Waals surface area contributed by atoms with Crippen molar-refractivity contribution in [3.8, 4) is 0 Å². The van der Waals surface area contributed by atoms with Gasteiger partial charge < -0.3 is 9.84 Å². The standard InChI is InChI=1S/C25H26N2O4S/c1-25(2,3)31-24(30)27-21-15-17(13-14-26-21)16-32-20-12-8-7-11-19(20)23(29)22(28)18-9-5-4-6-10-18/h4-15,22,28H,16H2,1-3H3,(H,26,27,30). The van der Waals surface area contributed by atoms with Crippen molar-refractivity contribution in [3.05, 3.63) is 89.6 Å². The third-order valence-corrected chi connectivity index (χ3v) is 5.51. The molecule has 6 nitrogen and oxygen atoms in total. The molecule has 0 fully saturated rings. The molecule has 0 radical (unpaired) electrons. The van der Waals surface area contributed by atoms with E-state index in [9.17, 15) is 14.7 Å². The lowest BCUT2D eigenvalue weighted by Gasteiger charge is -2.19. The van der Waals surface area contributed by atoms with Crippen LogP contribution in [0.2, 0.25) is 0 Å². The molecule has 3 aromatic rings. The number of Topliss-reactive ketones (excluding diaryl/α,β-unsaturated/α-hetero) is 1. The molecule has 32 heavy (non-hydrogen) atoms. The third-order valence-electron chi connectivity index (χ3n) is 4.36. The number of nitrogens with one attached hydrogen (secondary N) is 1. The largest absolute Gasteiger partial charge is 0.444 e. The van der Waals surface area contributed by atoms with E-state index in [0.29, 0.717) is 22.7 Å². The summed E-state index contributed by atoms with van der Waals surface area (Å²) in [6.45, 7) is 5.38. The zero-order valence-corrected chi connectivity index (χ0v) is 19.1. The number of ether oxygens (including phenoxy) is 1. The number of benzene rings is 2. The van der Waals surface area contributed by atoms with E-state index in [-0.39, 0.29) is 5.78 Å². The highest BCUT2D eigenvalue weighted by atomic mass is 32.2. The van der Waals surface area contributed by atoms with E-state index in [1.807, 2.05) is 24.3 Å². The van der Waals surface area contributed by atoms with Crippen LogP contribution in [0, 0.1) is 0 Å². The molecule has 0 saturated heterocycles. The van der Waals surface area contributed by atoms with E-state index in [1.54, 1.807) is 69.4 Å². The van der Waals surface area contributed by atoms with Crippen LogP contribution in [-0.2, 0) is 10.5 Å². The lowest BCUT2D eigenvalue weighted by molar-refractivity contribution is 0.0635. The molecular formula is C25H26N2O4S. The molecule has 1 aromatic heterocycles. The molecule has 166 valence electrons. The number of aliphatic hydroxyl groups excluding tert-OH is 1. The van der Waals surface area contributed by atoms with Gasteiger partial charge in [-0.25, -0.2) is 9.78 Å². The molecule has 0 aliphatic heterocycles. The Bertz CT molecular complexity index is 1080. The third kappa shape index (κ3) is 6.67. The molecule has 7 heteroatoms. The van der Waals surface area contributed by atoms with E-state index in [2.05, 4.69) is 10.3 Å². The molecule has 0 aliphatic carbocycles. The minimum absolute atomic E-state index is 0.346. The number of hydrogen-bond donors (Lipinski definition) is 2. The highest BCUT2D eigenvalue weighted by Crippen LogP contribution is 2.30. The van der Waals surface area contributed by atoms with Crippen molar-refractivity contribution in [1.82, 2.24) is 4.98 Å². The summed E-state index contributed by atoms with van der Waals surface area (Å²) >= 11 is 1.47. The van der Waals surface area contributed by atoms with Gasteiger partial charge in [-0.15, -0.1) is 11.8 Å². The average molecular weight is 451 g/mol.